The fraction of sp³-hybridized carbons (Fsp3) is 0.102. The van der Waals surface area contributed by atoms with E-state index in [1.165, 1.54) is 44.1 Å². The first-order chi connectivity index (χ1) is 26.4. The molecule has 1 aliphatic heterocycles. The average molecular weight is 697 g/mol. The fourth-order valence-electron chi connectivity index (χ4n) is 9.05. The van der Waals surface area contributed by atoms with Crippen molar-refractivity contribution in [3.8, 4) is 39.7 Å². The van der Waals surface area contributed by atoms with Crippen LogP contribution in [0.25, 0.3) is 77.5 Å². The first-order valence-electron chi connectivity index (χ1n) is 18.6. The second-order valence-corrected chi connectivity index (χ2v) is 15.1. The Labute approximate surface area is 312 Å². The number of pyridine rings is 2. The number of rotatable bonds is 4. The van der Waals surface area contributed by atoms with E-state index in [-0.39, 0.29) is 5.41 Å². The number of benzene rings is 6. The molecular weight excluding hydrogens is 661 g/mol. The summed E-state index contributed by atoms with van der Waals surface area (Å²) >= 11 is 0. The summed E-state index contributed by atoms with van der Waals surface area (Å²) in [6, 6.07) is 49.6. The highest BCUT2D eigenvalue weighted by atomic mass is 16.5. The van der Waals surface area contributed by atoms with Crippen LogP contribution in [0.3, 0.4) is 0 Å². The van der Waals surface area contributed by atoms with E-state index in [0.29, 0.717) is 0 Å². The molecule has 0 saturated heterocycles. The molecule has 0 radical (unpaired) electrons. The summed E-state index contributed by atoms with van der Waals surface area (Å²) < 4.78 is 11.5. The van der Waals surface area contributed by atoms with Gasteiger partial charge in [-0.1, -0.05) is 105 Å². The first kappa shape index (κ1) is 30.9. The standard InChI is InChI=1S/C49H36N4O/c1-29-13-5-7-15-33(29)44-46(34-16-8-6-14-30(34)2)52-42-21-10-9-17-36(42)35-24-22-31(27-39(35)48(52)51-44)54-32-23-25-40-43(28-32)53-45-37(38-19-12-26-50-47(38)53)18-11-20-41(45)49(40,3)4/h5-28H,1-4H3. The van der Waals surface area contributed by atoms with Crippen molar-refractivity contribution in [2.24, 2.45) is 0 Å². The third kappa shape index (κ3) is 4.21. The van der Waals surface area contributed by atoms with Crippen molar-refractivity contribution < 1.29 is 4.74 Å². The summed E-state index contributed by atoms with van der Waals surface area (Å²) in [5.74, 6) is 1.53. The normalized spacial score (nSPS) is 13.3. The molecule has 0 fully saturated rings. The molecule has 0 N–H and O–H groups in total. The summed E-state index contributed by atoms with van der Waals surface area (Å²) in [7, 11) is 0. The van der Waals surface area contributed by atoms with Gasteiger partial charge in [0.2, 0.25) is 0 Å². The predicted molar refractivity (Wildman–Crippen MR) is 221 cm³/mol. The van der Waals surface area contributed by atoms with E-state index < -0.39 is 0 Å². The Hall–Kier alpha value is -6.72. The minimum absolute atomic E-state index is 0.197. The highest BCUT2D eigenvalue weighted by molar-refractivity contribution is 6.14. The number of hydrogen-bond acceptors (Lipinski definition) is 3. The topological polar surface area (TPSA) is 44.3 Å². The summed E-state index contributed by atoms with van der Waals surface area (Å²) in [6.07, 6.45) is 1.88. The number of nitrogens with zero attached hydrogens (tertiary/aromatic N) is 4. The number of hydrogen-bond donors (Lipinski definition) is 0. The van der Waals surface area contributed by atoms with Crippen LogP contribution in [-0.2, 0) is 5.41 Å². The lowest BCUT2D eigenvalue weighted by atomic mass is 9.74. The maximum Gasteiger partial charge on any atom is 0.146 e. The Kier molecular flexibility index (Phi) is 6.37. The largest absolute Gasteiger partial charge is 0.457 e. The molecule has 54 heavy (non-hydrogen) atoms. The molecule has 0 unspecified atom stereocenters. The molecule has 11 rings (SSSR count). The van der Waals surface area contributed by atoms with Crippen LogP contribution in [0.2, 0.25) is 0 Å². The summed E-state index contributed by atoms with van der Waals surface area (Å²) in [6.45, 7) is 8.98. The smallest absolute Gasteiger partial charge is 0.146 e. The molecule has 0 amide bonds. The molecule has 0 spiro atoms. The molecular formula is C49H36N4O. The van der Waals surface area contributed by atoms with Gasteiger partial charge in [0.25, 0.3) is 0 Å². The zero-order valence-corrected chi connectivity index (χ0v) is 30.6. The summed E-state index contributed by atoms with van der Waals surface area (Å²) in [5, 5.41) is 5.72. The SMILES string of the molecule is Cc1ccccc1-c1nc2c3cc(Oc4ccc5c(c4)-n4c6ncccc6c6cccc(c64)C5(C)C)ccc3c3ccccc3n2c1-c1ccccc1C. The van der Waals surface area contributed by atoms with Crippen LogP contribution in [0.1, 0.15) is 36.1 Å². The van der Waals surface area contributed by atoms with Crippen molar-refractivity contribution in [2.45, 2.75) is 33.1 Å². The fourth-order valence-corrected chi connectivity index (χ4v) is 9.05. The maximum absolute atomic E-state index is 6.83. The van der Waals surface area contributed by atoms with Gasteiger partial charge in [0.1, 0.15) is 22.8 Å². The second-order valence-electron chi connectivity index (χ2n) is 15.1. The van der Waals surface area contributed by atoms with Gasteiger partial charge in [0, 0.05) is 50.4 Å². The van der Waals surface area contributed by atoms with Gasteiger partial charge >= 0.3 is 0 Å². The summed E-state index contributed by atoms with van der Waals surface area (Å²) in [5.41, 5.74) is 14.4. The molecule has 0 aliphatic carbocycles. The maximum atomic E-state index is 6.83. The van der Waals surface area contributed by atoms with Gasteiger partial charge in [-0.2, -0.15) is 0 Å². The third-order valence-corrected chi connectivity index (χ3v) is 11.7. The van der Waals surface area contributed by atoms with Crippen LogP contribution >= 0.6 is 0 Å². The van der Waals surface area contributed by atoms with Crippen LogP contribution in [-0.4, -0.2) is 18.9 Å². The number of imidazole rings is 1. The molecule has 4 aromatic heterocycles. The Bertz CT molecular complexity index is 3200. The molecule has 5 nitrogen and oxygen atoms in total. The molecule has 1 aliphatic rings. The monoisotopic (exact) mass is 696 g/mol. The van der Waals surface area contributed by atoms with Crippen molar-refractivity contribution in [3.05, 3.63) is 168 Å². The van der Waals surface area contributed by atoms with E-state index in [0.717, 1.165) is 67.1 Å². The molecule has 258 valence electrons. The Morgan fingerprint density at radius 3 is 2.09 bits per heavy atom. The zero-order chi connectivity index (χ0) is 36.3. The van der Waals surface area contributed by atoms with Crippen molar-refractivity contribution in [2.75, 3.05) is 0 Å². The van der Waals surface area contributed by atoms with Gasteiger partial charge in [0.15, 0.2) is 0 Å². The number of para-hydroxylation sites is 2. The van der Waals surface area contributed by atoms with Crippen molar-refractivity contribution >= 4 is 49.3 Å². The van der Waals surface area contributed by atoms with E-state index in [1.807, 2.05) is 12.3 Å². The van der Waals surface area contributed by atoms with Crippen molar-refractivity contribution in [1.82, 2.24) is 18.9 Å². The molecule has 6 aromatic carbocycles. The average Bonchev–Trinajstić information content (AvgIpc) is 3.75. The van der Waals surface area contributed by atoms with E-state index in [1.54, 1.807) is 0 Å². The van der Waals surface area contributed by atoms with Crippen LogP contribution in [0.15, 0.2) is 146 Å². The van der Waals surface area contributed by atoms with E-state index >= 15 is 0 Å². The highest BCUT2D eigenvalue weighted by Crippen LogP contribution is 2.48. The molecule has 0 atom stereocenters. The van der Waals surface area contributed by atoms with Crippen LogP contribution < -0.4 is 4.74 Å². The molecule has 0 bridgehead atoms. The number of ether oxygens (including phenoxy) is 1. The van der Waals surface area contributed by atoms with E-state index in [9.17, 15) is 0 Å². The predicted octanol–water partition coefficient (Wildman–Crippen LogP) is 12.5. The Morgan fingerprint density at radius 2 is 1.26 bits per heavy atom. The van der Waals surface area contributed by atoms with Crippen LogP contribution in [0.5, 0.6) is 11.5 Å². The Balaban J connectivity index is 1.14. The van der Waals surface area contributed by atoms with Gasteiger partial charge in [-0.25, -0.2) is 9.97 Å². The highest BCUT2D eigenvalue weighted by Gasteiger charge is 2.35. The number of aromatic nitrogens is 4. The molecule has 0 saturated carbocycles. The van der Waals surface area contributed by atoms with Gasteiger partial charge in [-0.3, -0.25) is 8.97 Å². The van der Waals surface area contributed by atoms with E-state index in [4.69, 9.17) is 14.7 Å². The van der Waals surface area contributed by atoms with Gasteiger partial charge in [0.05, 0.1) is 28.1 Å². The quantitative estimate of drug-likeness (QED) is 0.172. The first-order valence-corrected chi connectivity index (χ1v) is 18.6. The molecule has 10 aromatic rings. The van der Waals surface area contributed by atoms with Gasteiger partial charge in [-0.05, 0) is 84.0 Å². The second kappa shape index (κ2) is 11.1. The van der Waals surface area contributed by atoms with Gasteiger partial charge in [-0.15, -0.1) is 0 Å². The number of aryl methyl sites for hydroxylation is 2. The lowest BCUT2D eigenvalue weighted by Gasteiger charge is -2.34. The van der Waals surface area contributed by atoms with Crippen LogP contribution in [0.4, 0.5) is 0 Å². The minimum Gasteiger partial charge on any atom is -0.457 e. The van der Waals surface area contributed by atoms with E-state index in [2.05, 4.69) is 170 Å². The zero-order valence-electron chi connectivity index (χ0n) is 30.6. The van der Waals surface area contributed by atoms with Crippen molar-refractivity contribution in [3.63, 3.8) is 0 Å². The third-order valence-electron chi connectivity index (χ3n) is 11.7. The Morgan fingerprint density at radius 1 is 0.556 bits per heavy atom. The van der Waals surface area contributed by atoms with Gasteiger partial charge < -0.3 is 4.74 Å². The molecule has 5 heteroatoms. The lowest BCUT2D eigenvalue weighted by molar-refractivity contribution is 0.482. The molecule has 5 heterocycles. The summed E-state index contributed by atoms with van der Waals surface area (Å²) in [4.78, 5) is 10.4. The number of fused-ring (bicyclic) bond motifs is 11. The minimum atomic E-state index is -0.197. The van der Waals surface area contributed by atoms with Crippen molar-refractivity contribution in [1.29, 1.82) is 0 Å². The lowest BCUT2D eigenvalue weighted by Crippen LogP contribution is -2.26. The van der Waals surface area contributed by atoms with Crippen LogP contribution in [0, 0.1) is 13.8 Å².